The molecule has 3 aromatic rings. The van der Waals surface area contributed by atoms with E-state index in [2.05, 4.69) is 29.6 Å². The van der Waals surface area contributed by atoms with E-state index in [4.69, 9.17) is 9.97 Å². The van der Waals surface area contributed by atoms with Crippen LogP contribution in [0.15, 0.2) is 30.3 Å². The number of nitrogens with zero attached hydrogens (tertiary/aromatic N) is 2. The third-order valence-electron chi connectivity index (χ3n) is 6.42. The second-order valence-corrected chi connectivity index (χ2v) is 9.36. The van der Waals surface area contributed by atoms with Crippen LogP contribution in [0.5, 0.6) is 0 Å². The first-order chi connectivity index (χ1) is 13.6. The summed E-state index contributed by atoms with van der Waals surface area (Å²) in [5, 5.41) is 4.29. The molecular weight excluding hydrogens is 366 g/mol. The molecule has 1 N–H and O–H groups in total. The number of carbonyl (C=O) groups excluding carboxylic acids is 1. The maximum atomic E-state index is 13.0. The quantitative estimate of drug-likeness (QED) is 0.663. The summed E-state index contributed by atoms with van der Waals surface area (Å²) in [5.41, 5.74) is 3.45. The van der Waals surface area contributed by atoms with Crippen LogP contribution in [-0.2, 0) is 5.41 Å². The molecule has 144 valence electrons. The van der Waals surface area contributed by atoms with E-state index in [9.17, 15) is 4.79 Å². The molecule has 0 spiro atoms. The van der Waals surface area contributed by atoms with Crippen LogP contribution in [-0.4, -0.2) is 22.4 Å². The minimum atomic E-state index is 0.0232. The summed E-state index contributed by atoms with van der Waals surface area (Å²) < 4.78 is 0. The van der Waals surface area contributed by atoms with E-state index < -0.39 is 0 Å². The smallest absolute Gasteiger partial charge is 0.261 e. The van der Waals surface area contributed by atoms with E-state index in [1.807, 2.05) is 19.9 Å². The van der Waals surface area contributed by atoms with Gasteiger partial charge in [0.25, 0.3) is 5.91 Å². The minimum absolute atomic E-state index is 0.0232. The molecule has 0 unspecified atom stereocenters. The third kappa shape index (κ3) is 2.93. The van der Waals surface area contributed by atoms with Gasteiger partial charge < -0.3 is 5.32 Å². The first kappa shape index (κ1) is 17.8. The summed E-state index contributed by atoms with van der Waals surface area (Å²) >= 11 is 1.51. The van der Waals surface area contributed by atoms with Gasteiger partial charge in [0.1, 0.15) is 10.7 Å². The maximum Gasteiger partial charge on any atom is 0.261 e. The number of thiophene rings is 1. The molecule has 2 fully saturated rings. The zero-order valence-electron chi connectivity index (χ0n) is 16.4. The highest BCUT2D eigenvalue weighted by Gasteiger charge is 2.39. The van der Waals surface area contributed by atoms with Gasteiger partial charge >= 0.3 is 0 Å². The molecule has 2 aliphatic carbocycles. The maximum absolute atomic E-state index is 13.0. The summed E-state index contributed by atoms with van der Waals surface area (Å²) in [6.07, 6.45) is 5.87. The van der Waals surface area contributed by atoms with Gasteiger partial charge in [-0.1, -0.05) is 36.8 Å². The van der Waals surface area contributed by atoms with Gasteiger partial charge in [0.15, 0.2) is 0 Å². The molecule has 1 aromatic carbocycles. The molecule has 5 rings (SSSR count). The Morgan fingerprint density at radius 2 is 1.93 bits per heavy atom. The first-order valence-electron chi connectivity index (χ1n) is 10.2. The lowest BCUT2D eigenvalue weighted by atomic mass is 9.64. The molecule has 1 amide bonds. The predicted octanol–water partition coefficient (Wildman–Crippen LogP) is 5.04. The van der Waals surface area contributed by atoms with E-state index in [1.54, 1.807) is 0 Å². The van der Waals surface area contributed by atoms with Crippen molar-refractivity contribution in [3.8, 4) is 0 Å². The molecule has 2 aliphatic rings. The van der Waals surface area contributed by atoms with Crippen molar-refractivity contribution in [3.05, 3.63) is 57.9 Å². The fourth-order valence-electron chi connectivity index (χ4n) is 4.39. The third-order valence-corrected chi connectivity index (χ3v) is 7.61. The van der Waals surface area contributed by atoms with E-state index in [0.717, 1.165) is 45.0 Å². The van der Waals surface area contributed by atoms with Crippen molar-refractivity contribution in [2.24, 2.45) is 0 Å². The van der Waals surface area contributed by atoms with Gasteiger partial charge in [-0.05, 0) is 50.7 Å². The minimum Gasteiger partial charge on any atom is -0.350 e. The van der Waals surface area contributed by atoms with Gasteiger partial charge in [0, 0.05) is 23.3 Å². The number of hydrogen-bond acceptors (Lipinski definition) is 4. The van der Waals surface area contributed by atoms with Crippen LogP contribution in [0.25, 0.3) is 10.2 Å². The molecule has 5 heteroatoms. The van der Waals surface area contributed by atoms with Crippen LogP contribution in [0.3, 0.4) is 0 Å². The topological polar surface area (TPSA) is 54.9 Å². The normalized spacial score (nSPS) is 18.1. The molecule has 4 nitrogen and oxygen atoms in total. The molecule has 0 atom stereocenters. The molecule has 0 radical (unpaired) electrons. The summed E-state index contributed by atoms with van der Waals surface area (Å²) in [5.74, 6) is 1.50. The van der Waals surface area contributed by atoms with E-state index in [-0.39, 0.29) is 11.3 Å². The van der Waals surface area contributed by atoms with Crippen molar-refractivity contribution in [3.63, 3.8) is 0 Å². The molecule has 28 heavy (non-hydrogen) atoms. The van der Waals surface area contributed by atoms with Gasteiger partial charge in [-0.2, -0.15) is 0 Å². The fraction of sp³-hybridized carbons (Fsp3) is 0.435. The van der Waals surface area contributed by atoms with Crippen molar-refractivity contribution < 1.29 is 4.79 Å². The summed E-state index contributed by atoms with van der Waals surface area (Å²) in [6, 6.07) is 10.6. The molecule has 0 bridgehead atoms. The SMILES string of the molecule is Cc1nc(C2CC2)nc2sc(C(=O)NCC3(c4ccccc4)CCC3)c(C)c12. The van der Waals surface area contributed by atoms with Gasteiger partial charge in [-0.3, -0.25) is 4.79 Å². The lowest BCUT2D eigenvalue weighted by Crippen LogP contribution is -2.45. The Morgan fingerprint density at radius 1 is 1.18 bits per heavy atom. The molecular formula is C23H25N3OS. The number of benzene rings is 1. The van der Waals surface area contributed by atoms with E-state index >= 15 is 0 Å². The molecule has 0 saturated heterocycles. The predicted molar refractivity (Wildman–Crippen MR) is 113 cm³/mol. The average Bonchev–Trinajstić information content (AvgIpc) is 3.45. The summed E-state index contributed by atoms with van der Waals surface area (Å²) in [6.45, 7) is 4.76. The van der Waals surface area contributed by atoms with Crippen molar-refractivity contribution in [2.45, 2.75) is 57.3 Å². The average molecular weight is 392 g/mol. The number of rotatable bonds is 5. The van der Waals surface area contributed by atoms with Crippen molar-refractivity contribution in [1.82, 2.24) is 15.3 Å². The Bertz CT molecular complexity index is 1050. The first-order valence-corrected chi connectivity index (χ1v) is 11.0. The van der Waals surface area contributed by atoms with Gasteiger partial charge in [-0.15, -0.1) is 11.3 Å². The van der Waals surface area contributed by atoms with Crippen LogP contribution in [0.2, 0.25) is 0 Å². The zero-order valence-corrected chi connectivity index (χ0v) is 17.2. The Morgan fingerprint density at radius 3 is 2.57 bits per heavy atom. The summed E-state index contributed by atoms with van der Waals surface area (Å²) in [7, 11) is 0. The molecule has 2 saturated carbocycles. The lowest BCUT2D eigenvalue weighted by Gasteiger charge is -2.42. The van der Waals surface area contributed by atoms with Gasteiger partial charge in [-0.25, -0.2) is 9.97 Å². The molecule has 2 heterocycles. The highest BCUT2D eigenvalue weighted by atomic mass is 32.1. The second-order valence-electron chi connectivity index (χ2n) is 8.36. The highest BCUT2D eigenvalue weighted by molar-refractivity contribution is 7.20. The van der Waals surface area contributed by atoms with Crippen LogP contribution in [0.4, 0.5) is 0 Å². The van der Waals surface area contributed by atoms with Crippen LogP contribution in [0, 0.1) is 13.8 Å². The number of aryl methyl sites for hydroxylation is 2. The monoisotopic (exact) mass is 391 g/mol. The van der Waals surface area contributed by atoms with E-state index in [1.165, 1.54) is 36.2 Å². The largest absolute Gasteiger partial charge is 0.350 e. The van der Waals surface area contributed by atoms with Gasteiger partial charge in [0.05, 0.1) is 10.6 Å². The lowest BCUT2D eigenvalue weighted by molar-refractivity contribution is 0.0931. The number of hydrogen-bond donors (Lipinski definition) is 1. The van der Waals surface area contributed by atoms with Crippen LogP contribution < -0.4 is 5.32 Å². The number of nitrogens with one attached hydrogen (secondary N) is 1. The second kappa shape index (κ2) is 6.66. The molecule has 2 aromatic heterocycles. The number of fused-ring (bicyclic) bond motifs is 1. The highest BCUT2D eigenvalue weighted by Crippen LogP contribution is 2.43. The standard InChI is InChI=1S/C23H25N3OS/c1-14-18-15(2)25-20(16-9-10-16)26-22(18)28-19(14)21(27)24-13-23(11-6-12-23)17-7-4-3-5-8-17/h3-5,7-8,16H,6,9-13H2,1-2H3,(H,24,27). The fourth-order valence-corrected chi connectivity index (χ4v) is 5.55. The molecule has 0 aliphatic heterocycles. The Balaban J connectivity index is 1.40. The number of aromatic nitrogens is 2. The van der Waals surface area contributed by atoms with Crippen molar-refractivity contribution >= 4 is 27.5 Å². The Labute approximate surface area is 169 Å². The number of carbonyl (C=O) groups is 1. The van der Waals surface area contributed by atoms with Crippen LogP contribution >= 0.6 is 11.3 Å². The summed E-state index contributed by atoms with van der Waals surface area (Å²) in [4.78, 5) is 24.3. The zero-order chi connectivity index (χ0) is 19.3. The van der Waals surface area contributed by atoms with Gasteiger partial charge in [0.2, 0.25) is 0 Å². The van der Waals surface area contributed by atoms with Crippen molar-refractivity contribution in [2.75, 3.05) is 6.54 Å². The van der Waals surface area contributed by atoms with Crippen molar-refractivity contribution in [1.29, 1.82) is 0 Å². The number of amides is 1. The van der Waals surface area contributed by atoms with E-state index in [0.29, 0.717) is 12.5 Å². The van der Waals surface area contributed by atoms with Crippen LogP contribution in [0.1, 0.15) is 70.3 Å². The Hall–Kier alpha value is -2.27. The Kier molecular flexibility index (Phi) is 4.23.